The molecule has 0 aliphatic heterocycles. The molecule has 0 fully saturated rings. The second kappa shape index (κ2) is 9.84. The lowest BCUT2D eigenvalue weighted by atomic mass is 10.2. The van der Waals surface area contributed by atoms with E-state index in [1.165, 1.54) is 11.8 Å². The Hall–Kier alpha value is -3.70. The number of fused-ring (bicyclic) bond motifs is 1. The minimum atomic E-state index is -0.745. The number of carbonyl (C=O) groups is 1. The van der Waals surface area contributed by atoms with Gasteiger partial charge >= 0.3 is 0 Å². The van der Waals surface area contributed by atoms with Crippen LogP contribution < -0.4 is 15.6 Å². The summed E-state index contributed by atoms with van der Waals surface area (Å²) in [7, 11) is 3.30. The van der Waals surface area contributed by atoms with E-state index in [0.717, 1.165) is 0 Å². The summed E-state index contributed by atoms with van der Waals surface area (Å²) in [6.45, 7) is -0.349. The first-order valence-electron chi connectivity index (χ1n) is 10.1. The van der Waals surface area contributed by atoms with Crippen molar-refractivity contribution >= 4 is 28.6 Å². The molecule has 2 aromatic carbocycles. The van der Waals surface area contributed by atoms with E-state index in [2.05, 4.69) is 25.5 Å². The van der Waals surface area contributed by atoms with Gasteiger partial charge in [0, 0.05) is 12.6 Å². The molecule has 11 heteroatoms. The number of H-pyrrole nitrogens is 1. The van der Waals surface area contributed by atoms with Crippen LogP contribution in [0.3, 0.4) is 0 Å². The number of ether oxygens (including phenoxy) is 1. The highest BCUT2D eigenvalue weighted by molar-refractivity contribution is 7.98. The molecule has 0 saturated carbocycles. The van der Waals surface area contributed by atoms with Gasteiger partial charge in [0.25, 0.3) is 11.5 Å². The number of carbonyl (C=O) groups excluding carboxylic acids is 1. The molecule has 0 radical (unpaired) electrons. The third-order valence-electron chi connectivity index (χ3n) is 5.02. The summed E-state index contributed by atoms with van der Waals surface area (Å²) in [5.74, 6) is 1.57. The standard InChI is InChI=1S/C22H22N6O4S/c1-28-19(17(11-29)24-20(30)13-7-9-14(32-2)10-8-13)26-27-22(28)33-12-18-23-16-6-4-3-5-15(16)21(31)25-18/h3-10,17,29H,11-12H2,1-2H3,(H,24,30)(H,23,25,31)/t17-/m0/s1. The predicted octanol–water partition coefficient (Wildman–Crippen LogP) is 1.82. The van der Waals surface area contributed by atoms with E-state index in [1.54, 1.807) is 61.2 Å². The normalized spacial score (nSPS) is 12.0. The van der Waals surface area contributed by atoms with Gasteiger partial charge in [0.1, 0.15) is 17.6 Å². The minimum Gasteiger partial charge on any atom is -0.497 e. The Morgan fingerprint density at radius 2 is 1.97 bits per heavy atom. The maximum absolute atomic E-state index is 12.6. The number of hydrogen-bond acceptors (Lipinski definition) is 8. The average Bonchev–Trinajstić information content (AvgIpc) is 3.21. The van der Waals surface area contributed by atoms with Crippen LogP contribution in [-0.2, 0) is 12.8 Å². The molecule has 0 unspecified atom stereocenters. The number of rotatable bonds is 8. The van der Waals surface area contributed by atoms with Gasteiger partial charge in [-0.1, -0.05) is 23.9 Å². The summed E-state index contributed by atoms with van der Waals surface area (Å²) < 4.78 is 6.80. The third kappa shape index (κ3) is 4.89. The van der Waals surface area contributed by atoms with Crippen LogP contribution in [0.1, 0.15) is 28.0 Å². The number of nitrogens with zero attached hydrogens (tertiary/aromatic N) is 4. The average molecular weight is 467 g/mol. The Bertz CT molecular complexity index is 1330. The molecule has 170 valence electrons. The minimum absolute atomic E-state index is 0.198. The van der Waals surface area contributed by atoms with Crippen LogP contribution in [0.25, 0.3) is 10.9 Å². The zero-order valence-corrected chi connectivity index (χ0v) is 18.8. The van der Waals surface area contributed by atoms with Gasteiger partial charge in [-0.3, -0.25) is 9.59 Å². The Morgan fingerprint density at radius 3 is 2.70 bits per heavy atom. The smallest absolute Gasteiger partial charge is 0.258 e. The van der Waals surface area contributed by atoms with Gasteiger partial charge in [0.05, 0.1) is 30.4 Å². The number of amides is 1. The summed E-state index contributed by atoms with van der Waals surface area (Å²) in [6.07, 6.45) is 0. The largest absolute Gasteiger partial charge is 0.497 e. The predicted molar refractivity (Wildman–Crippen MR) is 123 cm³/mol. The van der Waals surface area contributed by atoms with E-state index in [9.17, 15) is 14.7 Å². The molecule has 1 amide bonds. The van der Waals surface area contributed by atoms with Crippen LogP contribution in [0.5, 0.6) is 5.75 Å². The lowest BCUT2D eigenvalue weighted by molar-refractivity contribution is 0.0912. The number of benzene rings is 2. The molecule has 0 aliphatic rings. The van der Waals surface area contributed by atoms with Crippen molar-refractivity contribution in [1.29, 1.82) is 0 Å². The van der Waals surface area contributed by atoms with Crippen molar-refractivity contribution in [2.75, 3.05) is 13.7 Å². The number of hydrogen-bond donors (Lipinski definition) is 3. The van der Waals surface area contributed by atoms with E-state index in [0.29, 0.717) is 44.8 Å². The van der Waals surface area contributed by atoms with Gasteiger partial charge in [0.2, 0.25) is 0 Å². The van der Waals surface area contributed by atoms with Crippen LogP contribution in [0, 0.1) is 0 Å². The van der Waals surface area contributed by atoms with Gasteiger partial charge in [-0.15, -0.1) is 10.2 Å². The van der Waals surface area contributed by atoms with Crippen molar-refractivity contribution in [3.63, 3.8) is 0 Å². The number of nitrogens with one attached hydrogen (secondary N) is 2. The molecule has 0 bridgehead atoms. The van der Waals surface area contributed by atoms with Gasteiger partial charge in [-0.05, 0) is 36.4 Å². The Kier molecular flexibility index (Phi) is 6.71. The molecular formula is C22H22N6O4S. The summed E-state index contributed by atoms with van der Waals surface area (Å²) in [4.78, 5) is 32.1. The van der Waals surface area contributed by atoms with Crippen molar-refractivity contribution < 1.29 is 14.6 Å². The van der Waals surface area contributed by atoms with Crippen LogP contribution in [0.2, 0.25) is 0 Å². The first kappa shape index (κ1) is 22.5. The number of aromatic nitrogens is 5. The van der Waals surface area contributed by atoms with Crippen molar-refractivity contribution in [2.24, 2.45) is 7.05 Å². The number of aromatic amines is 1. The van der Waals surface area contributed by atoms with Crippen LogP contribution in [0.4, 0.5) is 0 Å². The molecule has 10 nitrogen and oxygen atoms in total. The molecular weight excluding hydrogens is 444 g/mol. The van der Waals surface area contributed by atoms with Crippen molar-refractivity contribution in [3.05, 3.63) is 76.1 Å². The molecule has 33 heavy (non-hydrogen) atoms. The van der Waals surface area contributed by atoms with Gasteiger partial charge < -0.3 is 24.7 Å². The van der Waals surface area contributed by atoms with Gasteiger partial charge in [-0.2, -0.15) is 0 Å². The fourth-order valence-corrected chi connectivity index (χ4v) is 4.06. The number of aliphatic hydroxyl groups excluding tert-OH is 1. The van der Waals surface area contributed by atoms with Crippen LogP contribution in [-0.4, -0.2) is 49.5 Å². The molecule has 1 atom stereocenters. The van der Waals surface area contributed by atoms with Gasteiger partial charge in [-0.25, -0.2) is 4.98 Å². The highest BCUT2D eigenvalue weighted by atomic mass is 32.2. The van der Waals surface area contributed by atoms with Crippen molar-refractivity contribution in [2.45, 2.75) is 17.0 Å². The summed E-state index contributed by atoms with van der Waals surface area (Å²) in [5.41, 5.74) is 0.853. The highest BCUT2D eigenvalue weighted by Gasteiger charge is 2.22. The number of aliphatic hydroxyl groups is 1. The van der Waals surface area contributed by atoms with Crippen LogP contribution >= 0.6 is 11.8 Å². The summed E-state index contributed by atoms with van der Waals surface area (Å²) in [6, 6.07) is 13.0. The second-order valence-corrected chi connectivity index (χ2v) is 8.10. The van der Waals surface area contributed by atoms with E-state index in [4.69, 9.17) is 4.74 Å². The quantitative estimate of drug-likeness (QED) is 0.335. The maximum Gasteiger partial charge on any atom is 0.258 e. The van der Waals surface area contributed by atoms with Gasteiger partial charge in [0.15, 0.2) is 11.0 Å². The van der Waals surface area contributed by atoms with E-state index in [-0.39, 0.29) is 18.1 Å². The number of thioether (sulfide) groups is 1. The van der Waals surface area contributed by atoms with Crippen molar-refractivity contribution in [1.82, 2.24) is 30.0 Å². The maximum atomic E-state index is 12.6. The topological polar surface area (TPSA) is 135 Å². The lowest BCUT2D eigenvalue weighted by Gasteiger charge is -2.16. The third-order valence-corrected chi connectivity index (χ3v) is 6.05. The Labute approximate surface area is 193 Å². The van der Waals surface area contributed by atoms with E-state index < -0.39 is 6.04 Å². The fourth-order valence-electron chi connectivity index (χ4n) is 3.27. The monoisotopic (exact) mass is 466 g/mol. The molecule has 2 heterocycles. The summed E-state index contributed by atoms with van der Waals surface area (Å²) in [5, 5.41) is 22.0. The summed E-state index contributed by atoms with van der Waals surface area (Å²) >= 11 is 1.33. The van der Waals surface area contributed by atoms with E-state index >= 15 is 0 Å². The van der Waals surface area contributed by atoms with E-state index in [1.807, 2.05) is 6.07 Å². The number of methoxy groups -OCH3 is 1. The zero-order valence-electron chi connectivity index (χ0n) is 18.0. The SMILES string of the molecule is COc1ccc(C(=O)N[C@@H](CO)c2nnc(SCc3nc4ccccc4c(=O)[nH]3)n2C)cc1. The molecule has 2 aromatic heterocycles. The molecule has 3 N–H and O–H groups in total. The Balaban J connectivity index is 1.46. The second-order valence-electron chi connectivity index (χ2n) is 7.16. The number of para-hydroxylation sites is 1. The zero-order chi connectivity index (χ0) is 23.4. The molecule has 0 aliphatic carbocycles. The lowest BCUT2D eigenvalue weighted by Crippen LogP contribution is -2.32. The fraction of sp³-hybridized carbons (Fsp3) is 0.227. The Morgan fingerprint density at radius 1 is 1.21 bits per heavy atom. The van der Waals surface area contributed by atoms with Crippen LogP contribution in [0.15, 0.2) is 58.5 Å². The van der Waals surface area contributed by atoms with Crippen molar-refractivity contribution in [3.8, 4) is 5.75 Å². The first-order valence-corrected chi connectivity index (χ1v) is 11.0. The first-order chi connectivity index (χ1) is 16.0. The molecule has 4 aromatic rings. The highest BCUT2D eigenvalue weighted by Crippen LogP contribution is 2.22. The molecule has 4 rings (SSSR count). The molecule has 0 spiro atoms. The molecule has 0 saturated heterocycles.